The second-order valence-electron chi connectivity index (χ2n) is 8.85. The summed E-state index contributed by atoms with van der Waals surface area (Å²) in [4.78, 5) is 12.4. The number of halogens is 8. The molecule has 0 fully saturated rings. The highest BCUT2D eigenvalue weighted by Crippen LogP contribution is 2.43. The lowest BCUT2D eigenvalue weighted by atomic mass is 9.90. The van der Waals surface area contributed by atoms with Crippen molar-refractivity contribution in [3.05, 3.63) is 71.1 Å². The molecule has 0 amide bonds. The Bertz CT molecular complexity index is 1620. The molecule has 2 aromatic carbocycles. The third-order valence-electron chi connectivity index (χ3n) is 5.93. The molecule has 0 spiro atoms. The number of fused-ring (bicyclic) bond motifs is 2. The zero-order chi connectivity index (χ0) is 28.9. The normalized spacial score (nSPS) is 13.2. The molecule has 0 unspecified atom stereocenters. The molecule has 2 aliphatic rings. The van der Waals surface area contributed by atoms with E-state index in [9.17, 15) is 36.2 Å². The third-order valence-corrected chi connectivity index (χ3v) is 5.93. The van der Waals surface area contributed by atoms with Crippen LogP contribution >= 0.6 is 0 Å². The fraction of sp³-hybridized carbons (Fsp3) is 0.231. The van der Waals surface area contributed by atoms with Gasteiger partial charge < -0.3 is 19.2 Å². The van der Waals surface area contributed by atoms with Gasteiger partial charge in [0.2, 0.25) is 11.9 Å². The first-order valence-electron chi connectivity index (χ1n) is 11.1. The van der Waals surface area contributed by atoms with E-state index in [0.29, 0.717) is 9.48 Å². The number of hydrogen-bond acceptors (Lipinski definition) is 4. The Kier molecular flexibility index (Phi) is 7.04. The summed E-state index contributed by atoms with van der Waals surface area (Å²) in [6.07, 6.45) is -9.35. The summed E-state index contributed by atoms with van der Waals surface area (Å²) in [5, 5.41) is 11.2. The summed E-state index contributed by atoms with van der Waals surface area (Å²) in [6.45, 7) is -3.03. The van der Waals surface area contributed by atoms with Gasteiger partial charge >= 0.3 is 12.4 Å². The zero-order valence-corrected chi connectivity index (χ0v) is 20.2. The number of rotatable bonds is 5. The number of carbonyl (C=O) groups excluding carboxylic acids is 1. The minimum atomic E-state index is -4.68. The zero-order valence-electron chi connectivity index (χ0n) is 20.2. The Morgan fingerprint density at radius 1 is 0.949 bits per heavy atom. The summed E-state index contributed by atoms with van der Waals surface area (Å²) >= 11 is 0. The van der Waals surface area contributed by atoms with Crippen LogP contribution in [0.5, 0.6) is 0 Å². The fourth-order valence-corrected chi connectivity index (χ4v) is 4.37. The van der Waals surface area contributed by atoms with E-state index >= 15 is 8.78 Å². The first-order valence-corrected chi connectivity index (χ1v) is 11.1. The van der Waals surface area contributed by atoms with E-state index in [2.05, 4.69) is 0 Å². The monoisotopic (exact) mass is 558 g/mol. The molecule has 1 aliphatic heterocycles. The molecule has 0 radical (unpaired) electrons. The van der Waals surface area contributed by atoms with Crippen molar-refractivity contribution < 1.29 is 49.4 Å². The van der Waals surface area contributed by atoms with Gasteiger partial charge in [-0.1, -0.05) is 24.3 Å². The Morgan fingerprint density at radius 3 is 2.23 bits per heavy atom. The van der Waals surface area contributed by atoms with Gasteiger partial charge in [0, 0.05) is 35.2 Å². The molecule has 5 nitrogen and oxygen atoms in total. The molecule has 0 atom stereocenters. The standard InChI is InChI=1S/C26H18F8N2O3/c1-35(11-25(29,30)31)19-9-21-15(7-17(19)27)23(13-5-3-4-6-14(13)24(37)38)16-8-18(28)20(10-22(16)39-21)36(2)12-26(32,33)34/h3-10H,11-12H2,1-2H3. The lowest BCUT2D eigenvalue weighted by Crippen LogP contribution is -2.36. The maximum Gasteiger partial charge on any atom is 0.448 e. The van der Waals surface area contributed by atoms with Crippen LogP contribution in [0.1, 0.15) is 10.4 Å². The molecule has 0 saturated carbocycles. The minimum absolute atomic E-state index is 0.0603. The van der Waals surface area contributed by atoms with E-state index in [1.165, 1.54) is 24.3 Å². The number of hydrogen-bond donors (Lipinski definition) is 0. The van der Waals surface area contributed by atoms with Crippen molar-refractivity contribution in [1.29, 1.82) is 0 Å². The molecule has 4 rings (SSSR count). The lowest BCUT2D eigenvalue weighted by Gasteiger charge is -2.23. The average molecular weight is 558 g/mol. The molecule has 1 aliphatic carbocycles. The van der Waals surface area contributed by atoms with Crippen molar-refractivity contribution in [2.45, 2.75) is 12.4 Å². The van der Waals surface area contributed by atoms with Gasteiger partial charge in [-0.3, -0.25) is 0 Å². The summed E-state index contributed by atoms with van der Waals surface area (Å²) in [6, 6.07) is 8.85. The average Bonchev–Trinajstić information content (AvgIpc) is 2.80. The number of carboxylic acid groups (broad SMARTS) is 1. The number of carbonyl (C=O) groups is 1. The molecule has 0 bridgehead atoms. The molecule has 0 N–H and O–H groups in total. The van der Waals surface area contributed by atoms with Gasteiger partial charge in [-0.25, -0.2) is 8.97 Å². The lowest BCUT2D eigenvalue weighted by molar-refractivity contribution is -0.254. The maximum atomic E-state index is 15.1. The van der Waals surface area contributed by atoms with Gasteiger partial charge in [-0.15, -0.1) is 0 Å². The van der Waals surface area contributed by atoms with Crippen LogP contribution in [0.2, 0.25) is 0 Å². The molecule has 206 valence electrons. The first kappa shape index (κ1) is 27.9. The van der Waals surface area contributed by atoms with Crippen LogP contribution in [0.4, 0.5) is 40.8 Å². The molecule has 39 heavy (non-hydrogen) atoms. The smallest absolute Gasteiger partial charge is 0.448 e. The van der Waals surface area contributed by atoms with Crippen molar-refractivity contribution in [3.8, 4) is 22.5 Å². The fourth-order valence-electron chi connectivity index (χ4n) is 4.37. The molecule has 0 saturated heterocycles. The highest BCUT2D eigenvalue weighted by Gasteiger charge is 2.34. The molecule has 2 aromatic rings. The summed E-state index contributed by atoms with van der Waals surface area (Å²) in [7, 11) is 1.98. The van der Waals surface area contributed by atoms with Crippen LogP contribution in [0.15, 0.2) is 52.9 Å². The molecular weight excluding hydrogens is 540 g/mol. The number of nitrogens with zero attached hydrogens (tertiary/aromatic N) is 2. The maximum absolute atomic E-state index is 15.1. The van der Waals surface area contributed by atoms with Crippen LogP contribution < -0.4 is 19.9 Å². The van der Waals surface area contributed by atoms with Crippen molar-refractivity contribution in [2.75, 3.05) is 32.1 Å². The van der Waals surface area contributed by atoms with E-state index < -0.39 is 54.1 Å². The van der Waals surface area contributed by atoms with Crippen molar-refractivity contribution in [1.82, 2.24) is 4.58 Å². The number of benzene rings is 3. The van der Waals surface area contributed by atoms with Crippen LogP contribution in [0.3, 0.4) is 0 Å². The Labute approximate surface area is 215 Å². The molecule has 1 heterocycles. The number of anilines is 1. The van der Waals surface area contributed by atoms with E-state index in [1.54, 1.807) is 0 Å². The van der Waals surface area contributed by atoms with Gasteiger partial charge in [0.25, 0.3) is 0 Å². The van der Waals surface area contributed by atoms with Gasteiger partial charge in [-0.2, -0.15) is 30.7 Å². The third kappa shape index (κ3) is 5.81. The summed E-state index contributed by atoms with van der Waals surface area (Å²) in [5.41, 5.74) is -1.36. The quantitative estimate of drug-likeness (QED) is 0.201. The number of carboxylic acids is 1. The van der Waals surface area contributed by atoms with E-state index in [-0.39, 0.29) is 39.0 Å². The highest BCUT2D eigenvalue weighted by molar-refractivity contribution is 6.07. The molecular formula is C26H18F8N2O3. The Balaban J connectivity index is 2.13. The minimum Gasteiger partial charge on any atom is -0.545 e. The van der Waals surface area contributed by atoms with Crippen molar-refractivity contribution in [2.24, 2.45) is 0 Å². The SMILES string of the molecule is CN(CC(F)(F)F)c1cc2oc3cc(=[N+](C)CC(F)(F)F)c(F)cc-3c(-c3ccccc3C(=O)[O-])c2cc1F. The van der Waals surface area contributed by atoms with E-state index in [4.69, 9.17) is 4.42 Å². The van der Waals surface area contributed by atoms with Crippen LogP contribution in [0, 0.1) is 11.6 Å². The Morgan fingerprint density at radius 2 is 1.62 bits per heavy atom. The molecule has 0 aromatic heterocycles. The van der Waals surface area contributed by atoms with Crippen LogP contribution in [0.25, 0.3) is 33.4 Å². The topological polar surface area (TPSA) is 59.5 Å². The van der Waals surface area contributed by atoms with Crippen molar-refractivity contribution >= 4 is 22.6 Å². The van der Waals surface area contributed by atoms with Gasteiger partial charge in [0.15, 0.2) is 5.82 Å². The number of aromatic carboxylic acids is 1. The first-order chi connectivity index (χ1) is 18.1. The second-order valence-corrected chi connectivity index (χ2v) is 8.85. The van der Waals surface area contributed by atoms with Gasteiger partial charge in [0.05, 0.1) is 17.7 Å². The van der Waals surface area contributed by atoms with E-state index in [0.717, 1.165) is 38.4 Å². The van der Waals surface area contributed by atoms with Crippen LogP contribution in [-0.2, 0) is 0 Å². The summed E-state index contributed by atoms with van der Waals surface area (Å²) in [5.74, 6) is -4.08. The highest BCUT2D eigenvalue weighted by atomic mass is 19.4. The van der Waals surface area contributed by atoms with Crippen LogP contribution in [-0.4, -0.2) is 45.5 Å². The Hall–Kier alpha value is -4.16. The second kappa shape index (κ2) is 9.86. The van der Waals surface area contributed by atoms with Gasteiger partial charge in [0.1, 0.15) is 30.8 Å². The van der Waals surface area contributed by atoms with Crippen molar-refractivity contribution in [3.63, 3.8) is 0 Å². The predicted octanol–water partition coefficient (Wildman–Crippen LogP) is 4.81. The summed E-state index contributed by atoms with van der Waals surface area (Å²) < 4.78 is 114. The number of alkyl halides is 6. The largest absolute Gasteiger partial charge is 0.545 e. The molecule has 13 heteroatoms. The van der Waals surface area contributed by atoms with Gasteiger partial charge in [-0.05, 0) is 17.7 Å². The predicted molar refractivity (Wildman–Crippen MR) is 124 cm³/mol. The van der Waals surface area contributed by atoms with E-state index in [1.807, 2.05) is 0 Å².